The van der Waals surface area contributed by atoms with Crippen molar-refractivity contribution in [3.05, 3.63) is 88.5 Å². The number of imidazole rings is 1. The molecule has 10 nitrogen and oxygen atoms in total. The van der Waals surface area contributed by atoms with Crippen molar-refractivity contribution in [3.63, 3.8) is 0 Å². The molecule has 1 unspecified atom stereocenters. The molecule has 1 aromatic heterocycles. The number of aromatic nitrogens is 2. The van der Waals surface area contributed by atoms with Crippen molar-refractivity contribution in [2.24, 2.45) is 0 Å². The summed E-state index contributed by atoms with van der Waals surface area (Å²) in [5, 5.41) is 20.8. The van der Waals surface area contributed by atoms with Gasteiger partial charge in [0.15, 0.2) is 0 Å². The molecule has 10 heteroatoms. The molecule has 1 fully saturated rings. The molecule has 0 bridgehead atoms. The van der Waals surface area contributed by atoms with E-state index in [0.717, 1.165) is 5.56 Å². The van der Waals surface area contributed by atoms with Gasteiger partial charge in [0.05, 0.1) is 48.0 Å². The van der Waals surface area contributed by atoms with Crippen molar-refractivity contribution in [1.29, 1.82) is 0 Å². The first-order chi connectivity index (χ1) is 18.2. The first kappa shape index (κ1) is 24.6. The van der Waals surface area contributed by atoms with Crippen LogP contribution in [0.3, 0.4) is 0 Å². The number of carbonyl (C=O) groups is 3. The van der Waals surface area contributed by atoms with Crippen LogP contribution in [-0.4, -0.2) is 52.1 Å². The van der Waals surface area contributed by atoms with E-state index in [1.807, 2.05) is 6.92 Å². The molecule has 3 N–H and O–H groups in total. The number of aromatic amines is 1. The summed E-state index contributed by atoms with van der Waals surface area (Å²) < 4.78 is 10.7. The van der Waals surface area contributed by atoms with Crippen LogP contribution < -0.4 is 14.4 Å². The molecule has 2 heterocycles. The van der Waals surface area contributed by atoms with Crippen LogP contribution in [0, 0.1) is 6.92 Å². The average Bonchev–Trinajstić information content (AvgIpc) is 3.45. The Morgan fingerprint density at radius 1 is 0.974 bits per heavy atom. The molecule has 38 heavy (non-hydrogen) atoms. The maximum Gasteiger partial charge on any atom is 0.335 e. The van der Waals surface area contributed by atoms with Crippen LogP contribution in [0.1, 0.15) is 33.1 Å². The number of ketones is 1. The topological polar surface area (TPSA) is 142 Å². The molecule has 0 radical (unpaired) electrons. The lowest BCUT2D eigenvalue weighted by atomic mass is 9.94. The van der Waals surface area contributed by atoms with Crippen LogP contribution in [0.25, 0.3) is 16.8 Å². The van der Waals surface area contributed by atoms with Gasteiger partial charge in [0, 0.05) is 0 Å². The van der Waals surface area contributed by atoms with E-state index in [2.05, 4.69) is 9.97 Å². The van der Waals surface area contributed by atoms with E-state index in [4.69, 9.17) is 9.47 Å². The molecule has 192 valence electrons. The summed E-state index contributed by atoms with van der Waals surface area (Å²) in [7, 11) is 2.96. The fourth-order valence-electron chi connectivity index (χ4n) is 4.55. The molecular formula is C28H23N3O7. The molecule has 1 saturated heterocycles. The third-order valence-corrected chi connectivity index (χ3v) is 6.43. The Bertz CT molecular complexity index is 1640. The number of carboxylic acids is 1. The summed E-state index contributed by atoms with van der Waals surface area (Å²) in [5.41, 5.74) is 2.26. The molecule has 3 aromatic carbocycles. The average molecular weight is 514 g/mol. The number of rotatable bonds is 6. The number of hydrogen-bond donors (Lipinski definition) is 3. The Morgan fingerprint density at radius 3 is 2.37 bits per heavy atom. The zero-order chi connectivity index (χ0) is 27.1. The van der Waals surface area contributed by atoms with Crippen LogP contribution in [0.5, 0.6) is 11.5 Å². The normalized spacial score (nSPS) is 16.7. The molecule has 1 atom stereocenters. The number of amides is 1. The lowest BCUT2D eigenvalue weighted by Crippen LogP contribution is -2.30. The number of ether oxygens (including phenoxy) is 2. The molecule has 5 rings (SSSR count). The number of anilines is 1. The summed E-state index contributed by atoms with van der Waals surface area (Å²) in [6, 6.07) is 15.1. The number of aliphatic hydroxyl groups is 1. The Labute approximate surface area is 216 Å². The van der Waals surface area contributed by atoms with Crippen LogP contribution >= 0.6 is 0 Å². The Kier molecular flexibility index (Phi) is 6.08. The van der Waals surface area contributed by atoms with Gasteiger partial charge in [-0.1, -0.05) is 23.8 Å². The van der Waals surface area contributed by atoms with E-state index in [1.54, 1.807) is 42.5 Å². The van der Waals surface area contributed by atoms with Crippen molar-refractivity contribution in [1.82, 2.24) is 9.97 Å². The minimum Gasteiger partial charge on any atom is -0.507 e. The predicted molar refractivity (Wildman–Crippen MR) is 139 cm³/mol. The predicted octanol–water partition coefficient (Wildman–Crippen LogP) is 4.21. The van der Waals surface area contributed by atoms with E-state index < -0.39 is 29.5 Å². The number of carboxylic acid groups (broad SMARTS) is 1. The number of aryl methyl sites for hydroxylation is 1. The van der Waals surface area contributed by atoms with Crippen molar-refractivity contribution in [3.8, 4) is 11.5 Å². The lowest BCUT2D eigenvalue weighted by Gasteiger charge is -2.23. The summed E-state index contributed by atoms with van der Waals surface area (Å²) in [6.45, 7) is 1.83. The van der Waals surface area contributed by atoms with Crippen LogP contribution in [-0.2, 0) is 9.59 Å². The first-order valence-electron chi connectivity index (χ1n) is 11.6. The Morgan fingerprint density at radius 2 is 1.71 bits per heavy atom. The van der Waals surface area contributed by atoms with Crippen molar-refractivity contribution < 1.29 is 34.1 Å². The fourth-order valence-corrected chi connectivity index (χ4v) is 4.55. The quantitative estimate of drug-likeness (QED) is 0.198. The number of aliphatic hydroxyl groups excluding tert-OH is 1. The molecule has 1 aliphatic rings. The highest BCUT2D eigenvalue weighted by molar-refractivity contribution is 6.51. The minimum atomic E-state index is -1.12. The van der Waals surface area contributed by atoms with Crippen LogP contribution in [0.4, 0.5) is 5.95 Å². The molecule has 0 saturated carbocycles. The van der Waals surface area contributed by atoms with E-state index >= 15 is 0 Å². The molecule has 0 aliphatic carbocycles. The maximum absolute atomic E-state index is 13.5. The second kappa shape index (κ2) is 9.40. The van der Waals surface area contributed by atoms with Gasteiger partial charge in [0.1, 0.15) is 17.3 Å². The van der Waals surface area contributed by atoms with Gasteiger partial charge in [-0.15, -0.1) is 0 Å². The van der Waals surface area contributed by atoms with E-state index in [1.165, 1.54) is 37.3 Å². The summed E-state index contributed by atoms with van der Waals surface area (Å²) in [5.74, 6) is -2.39. The molecule has 1 aliphatic heterocycles. The molecule has 0 spiro atoms. The van der Waals surface area contributed by atoms with Gasteiger partial charge in [-0.2, -0.15) is 0 Å². The largest absolute Gasteiger partial charge is 0.507 e. The molecule has 1 amide bonds. The highest BCUT2D eigenvalue weighted by Crippen LogP contribution is 2.43. The second-order valence-corrected chi connectivity index (χ2v) is 8.74. The number of aromatic carboxylic acids is 1. The van der Waals surface area contributed by atoms with Gasteiger partial charge in [-0.25, -0.2) is 9.78 Å². The second-order valence-electron chi connectivity index (χ2n) is 8.74. The number of fused-ring (bicyclic) bond motifs is 1. The summed E-state index contributed by atoms with van der Waals surface area (Å²) >= 11 is 0. The third-order valence-electron chi connectivity index (χ3n) is 6.43. The number of nitrogens with zero attached hydrogens (tertiary/aromatic N) is 2. The van der Waals surface area contributed by atoms with Gasteiger partial charge in [0.25, 0.3) is 5.78 Å². The van der Waals surface area contributed by atoms with Gasteiger partial charge >= 0.3 is 11.9 Å². The highest BCUT2D eigenvalue weighted by atomic mass is 16.5. The first-order valence-corrected chi connectivity index (χ1v) is 11.6. The minimum absolute atomic E-state index is 0.0284. The van der Waals surface area contributed by atoms with Crippen LogP contribution in [0.2, 0.25) is 0 Å². The molecular weight excluding hydrogens is 490 g/mol. The Balaban J connectivity index is 1.74. The number of methoxy groups -OCH3 is 2. The van der Waals surface area contributed by atoms with Crippen molar-refractivity contribution in [2.75, 3.05) is 19.1 Å². The van der Waals surface area contributed by atoms with Gasteiger partial charge in [-0.05, 0) is 55.0 Å². The van der Waals surface area contributed by atoms with E-state index in [9.17, 15) is 24.6 Å². The van der Waals surface area contributed by atoms with Gasteiger partial charge < -0.3 is 24.7 Å². The van der Waals surface area contributed by atoms with Crippen molar-refractivity contribution in [2.45, 2.75) is 13.0 Å². The SMILES string of the molecule is COc1ccc(C2/C(=C(\O)c3cc(C)ccc3OC)C(=O)C(=O)N2c2nc3ccc(C(=O)O)cc3[nH]2)cc1. The number of benzene rings is 3. The summed E-state index contributed by atoms with van der Waals surface area (Å²) in [6.07, 6.45) is 0. The number of carbonyl (C=O) groups excluding carboxylic acids is 2. The number of H-pyrrole nitrogens is 1. The number of hydrogen-bond acceptors (Lipinski definition) is 7. The standard InChI is InChI=1S/C28H23N3O7/c1-14-4-11-21(38-3)18(12-14)24(32)22-23(15-5-8-17(37-2)9-6-15)31(26(34)25(22)33)28-29-19-10-7-16(27(35)36)13-20(19)30-28/h4-13,23,32H,1-3H3,(H,29,30)(H,35,36)/b24-22+. The summed E-state index contributed by atoms with van der Waals surface area (Å²) in [4.78, 5) is 46.9. The third kappa shape index (κ3) is 4.01. The van der Waals surface area contributed by atoms with E-state index in [0.29, 0.717) is 28.1 Å². The number of nitrogens with one attached hydrogen (secondary N) is 1. The van der Waals surface area contributed by atoms with Gasteiger partial charge in [0.2, 0.25) is 5.95 Å². The lowest BCUT2D eigenvalue weighted by molar-refractivity contribution is -0.132. The zero-order valence-corrected chi connectivity index (χ0v) is 20.7. The highest BCUT2D eigenvalue weighted by Gasteiger charge is 2.48. The van der Waals surface area contributed by atoms with E-state index in [-0.39, 0.29) is 22.6 Å². The fraction of sp³-hybridized carbons (Fsp3) is 0.143. The van der Waals surface area contributed by atoms with Crippen LogP contribution in [0.15, 0.2) is 66.2 Å². The van der Waals surface area contributed by atoms with Gasteiger partial charge in [-0.3, -0.25) is 14.5 Å². The smallest absolute Gasteiger partial charge is 0.335 e. The Hall–Kier alpha value is -5.12. The monoisotopic (exact) mass is 513 g/mol. The molecule has 4 aromatic rings. The van der Waals surface area contributed by atoms with Crippen molar-refractivity contribution >= 4 is 40.4 Å². The zero-order valence-electron chi connectivity index (χ0n) is 20.7. The maximum atomic E-state index is 13.5. The number of Topliss-reactive ketones (excluding diaryl/α,β-unsaturated/α-hetero) is 1.